The van der Waals surface area contributed by atoms with Gasteiger partial charge in [-0.3, -0.25) is 19.1 Å². The lowest BCUT2D eigenvalue weighted by molar-refractivity contribution is -0.133. The summed E-state index contributed by atoms with van der Waals surface area (Å²) in [6.07, 6.45) is 4.40. The summed E-state index contributed by atoms with van der Waals surface area (Å²) in [6.45, 7) is 1.24. The summed E-state index contributed by atoms with van der Waals surface area (Å²) in [4.78, 5) is 41.2. The van der Waals surface area contributed by atoms with Crippen LogP contribution in [0, 0.1) is 5.82 Å². The second-order valence-electron chi connectivity index (χ2n) is 11.5. The van der Waals surface area contributed by atoms with Crippen LogP contribution in [0.15, 0.2) is 79.1 Å². The highest BCUT2D eigenvalue weighted by Crippen LogP contribution is 2.29. The molecule has 1 fully saturated rings. The number of aryl methyl sites for hydroxylation is 1. The van der Waals surface area contributed by atoms with E-state index in [1.807, 2.05) is 18.3 Å². The molecule has 6 bridgehead atoms. The fraction of sp³-hybridized carbons (Fsp3) is 0.314. The number of methoxy groups -OCH3 is 1. The van der Waals surface area contributed by atoms with Gasteiger partial charge in [-0.2, -0.15) is 5.10 Å². The Morgan fingerprint density at radius 3 is 2.77 bits per heavy atom. The average molecular weight is 642 g/mol. The first-order chi connectivity index (χ1) is 22.9. The van der Waals surface area contributed by atoms with Gasteiger partial charge < -0.3 is 29.7 Å². The van der Waals surface area contributed by atoms with E-state index in [-0.39, 0.29) is 37.1 Å². The van der Waals surface area contributed by atoms with Gasteiger partial charge in [0.1, 0.15) is 29.2 Å². The maximum Gasteiger partial charge on any atom is 0.258 e. The zero-order valence-electron chi connectivity index (χ0n) is 26.0. The molecule has 0 saturated carbocycles. The number of amides is 3. The Kier molecular flexibility index (Phi) is 9.65. The van der Waals surface area contributed by atoms with Gasteiger partial charge in [-0.05, 0) is 60.0 Å². The first-order valence-corrected chi connectivity index (χ1v) is 15.6. The van der Waals surface area contributed by atoms with Gasteiger partial charge in [-0.25, -0.2) is 4.39 Å². The standard InChI is InChI=1S/C35H36FN5O6/c1-45-32-19-27-10-8-25(32)20-37-33(42)22-46-26-6-2-5-23(17-26)24-9-11-29(36)28(18-24)35(44)39-30-21-40(16-12-31(30)47-27)34(43)7-3-14-41-15-4-13-38-41/h2,4-6,8-11,13,15,17-19,30-31H,3,7,12,14,16,20-22H2,1H3,(H,37,42)(H,39,44)/t30-,31+/m1/s1. The summed E-state index contributed by atoms with van der Waals surface area (Å²) in [5, 5.41) is 10.0. The van der Waals surface area contributed by atoms with Crippen molar-refractivity contribution in [2.75, 3.05) is 26.8 Å². The molecule has 0 radical (unpaired) electrons. The predicted octanol–water partition coefficient (Wildman–Crippen LogP) is 3.97. The fourth-order valence-electron chi connectivity index (χ4n) is 5.82. The Bertz CT molecular complexity index is 1750. The Balaban J connectivity index is 1.29. The molecule has 3 aliphatic heterocycles. The van der Waals surface area contributed by atoms with E-state index in [9.17, 15) is 14.4 Å². The quantitative estimate of drug-likeness (QED) is 0.338. The smallest absolute Gasteiger partial charge is 0.258 e. The number of likely N-dealkylation sites (tertiary alicyclic amines) is 1. The van der Waals surface area contributed by atoms with Gasteiger partial charge >= 0.3 is 0 Å². The minimum atomic E-state index is -0.683. The molecule has 2 N–H and O–H groups in total. The molecule has 1 saturated heterocycles. The molecule has 3 amide bonds. The zero-order valence-corrected chi connectivity index (χ0v) is 26.0. The molecular weight excluding hydrogens is 605 g/mol. The minimum Gasteiger partial charge on any atom is -0.496 e. The van der Waals surface area contributed by atoms with Crippen LogP contribution in [-0.4, -0.2) is 71.4 Å². The average Bonchev–Trinajstić information content (AvgIpc) is 3.61. The largest absolute Gasteiger partial charge is 0.496 e. The van der Waals surface area contributed by atoms with Crippen LogP contribution in [0.1, 0.15) is 35.2 Å². The van der Waals surface area contributed by atoms with Gasteiger partial charge in [0.15, 0.2) is 6.61 Å². The number of hydrogen-bond acceptors (Lipinski definition) is 7. The molecule has 1 aromatic heterocycles. The number of fused-ring (bicyclic) bond motifs is 7. The van der Waals surface area contributed by atoms with Crippen molar-refractivity contribution in [2.24, 2.45) is 0 Å². The topological polar surface area (TPSA) is 124 Å². The summed E-state index contributed by atoms with van der Waals surface area (Å²) in [5.41, 5.74) is 1.87. The van der Waals surface area contributed by atoms with Gasteiger partial charge in [0.25, 0.3) is 11.8 Å². The van der Waals surface area contributed by atoms with Crippen LogP contribution in [0.4, 0.5) is 4.39 Å². The van der Waals surface area contributed by atoms with Crippen molar-refractivity contribution in [1.82, 2.24) is 25.3 Å². The van der Waals surface area contributed by atoms with Gasteiger partial charge in [-0.15, -0.1) is 0 Å². The number of carbonyl (C=O) groups is 3. The van der Waals surface area contributed by atoms with Crippen LogP contribution in [0.2, 0.25) is 0 Å². The lowest BCUT2D eigenvalue weighted by Gasteiger charge is -2.39. The number of nitrogens with zero attached hydrogens (tertiary/aromatic N) is 3. The Labute approximate surface area is 271 Å². The monoisotopic (exact) mass is 641 g/mol. The van der Waals surface area contributed by atoms with Crippen LogP contribution in [0.3, 0.4) is 0 Å². The highest BCUT2D eigenvalue weighted by atomic mass is 19.1. The van der Waals surface area contributed by atoms with Crippen LogP contribution in [0.25, 0.3) is 11.1 Å². The number of benzene rings is 3. The van der Waals surface area contributed by atoms with Crippen molar-refractivity contribution in [2.45, 2.75) is 44.5 Å². The fourth-order valence-corrected chi connectivity index (χ4v) is 5.82. The minimum absolute atomic E-state index is 0.0420. The molecular formula is C35H36FN5O6. The van der Waals surface area contributed by atoms with Crippen molar-refractivity contribution in [3.05, 3.63) is 96.1 Å². The SMILES string of the molecule is COc1cc2ccc1CNC(=O)COc1cccc(c1)-c1ccc(F)c(c1)C(=O)N[C@@H]1CN(C(=O)CCCn3cccn3)CC[C@@H]1O2. The number of halogens is 1. The van der Waals surface area contributed by atoms with Gasteiger partial charge in [-0.1, -0.05) is 18.2 Å². The maximum absolute atomic E-state index is 15.2. The number of ether oxygens (including phenoxy) is 3. The summed E-state index contributed by atoms with van der Waals surface area (Å²) >= 11 is 0. The van der Waals surface area contributed by atoms with E-state index in [1.54, 1.807) is 58.2 Å². The molecule has 0 spiro atoms. The number of carbonyl (C=O) groups excluding carboxylic acids is 3. The first kappa shape index (κ1) is 31.6. The second-order valence-corrected chi connectivity index (χ2v) is 11.5. The maximum atomic E-state index is 15.2. The lowest BCUT2D eigenvalue weighted by Crippen LogP contribution is -2.58. The van der Waals surface area contributed by atoms with E-state index >= 15 is 4.39 Å². The third-order valence-corrected chi connectivity index (χ3v) is 8.33. The van der Waals surface area contributed by atoms with Crippen molar-refractivity contribution in [1.29, 1.82) is 0 Å². The molecule has 2 atom stereocenters. The van der Waals surface area contributed by atoms with Gasteiger partial charge in [0, 0.05) is 63.0 Å². The molecule has 0 unspecified atom stereocenters. The summed E-state index contributed by atoms with van der Waals surface area (Å²) < 4.78 is 34.6. The summed E-state index contributed by atoms with van der Waals surface area (Å²) in [5.74, 6) is -0.223. The molecule has 0 aliphatic carbocycles. The van der Waals surface area contributed by atoms with E-state index in [0.29, 0.717) is 60.7 Å². The Hall–Kier alpha value is -5.39. The summed E-state index contributed by atoms with van der Waals surface area (Å²) in [6, 6.07) is 17.8. The highest BCUT2D eigenvalue weighted by Gasteiger charge is 2.35. The molecule has 3 aliphatic rings. The van der Waals surface area contributed by atoms with E-state index in [0.717, 1.165) is 5.56 Å². The number of aromatic nitrogens is 2. The molecule has 4 aromatic rings. The molecule has 3 aromatic carbocycles. The van der Waals surface area contributed by atoms with Crippen molar-refractivity contribution < 1.29 is 33.0 Å². The summed E-state index contributed by atoms with van der Waals surface area (Å²) in [7, 11) is 1.53. The van der Waals surface area contributed by atoms with Gasteiger partial charge in [0.05, 0.1) is 18.7 Å². The zero-order chi connectivity index (χ0) is 32.8. The van der Waals surface area contributed by atoms with Crippen LogP contribution >= 0.6 is 0 Å². The molecule has 47 heavy (non-hydrogen) atoms. The molecule has 244 valence electrons. The first-order valence-electron chi connectivity index (χ1n) is 15.6. The van der Waals surface area contributed by atoms with E-state index < -0.39 is 23.9 Å². The normalized spacial score (nSPS) is 18.2. The number of piperidine rings is 1. The number of hydrogen-bond donors (Lipinski definition) is 2. The van der Waals surface area contributed by atoms with Crippen LogP contribution in [0.5, 0.6) is 17.2 Å². The van der Waals surface area contributed by atoms with E-state index in [4.69, 9.17) is 14.2 Å². The van der Waals surface area contributed by atoms with Gasteiger partial charge in [0.2, 0.25) is 5.91 Å². The third kappa shape index (κ3) is 7.71. The van der Waals surface area contributed by atoms with Crippen molar-refractivity contribution in [3.63, 3.8) is 0 Å². The molecule has 12 heteroatoms. The van der Waals surface area contributed by atoms with E-state index in [1.165, 1.54) is 19.2 Å². The van der Waals surface area contributed by atoms with E-state index in [2.05, 4.69) is 15.7 Å². The second kappa shape index (κ2) is 14.4. The number of nitrogens with one attached hydrogen (secondary N) is 2. The molecule has 7 rings (SSSR count). The van der Waals surface area contributed by atoms with Crippen LogP contribution in [-0.2, 0) is 22.7 Å². The van der Waals surface area contributed by atoms with Crippen molar-refractivity contribution in [3.8, 4) is 28.4 Å². The third-order valence-electron chi connectivity index (χ3n) is 8.33. The highest BCUT2D eigenvalue weighted by molar-refractivity contribution is 5.96. The Morgan fingerprint density at radius 2 is 1.94 bits per heavy atom. The lowest BCUT2D eigenvalue weighted by atomic mass is 9.99. The Morgan fingerprint density at radius 1 is 1.06 bits per heavy atom. The van der Waals surface area contributed by atoms with Crippen molar-refractivity contribution >= 4 is 17.7 Å². The number of rotatable bonds is 5. The molecule has 11 nitrogen and oxygen atoms in total. The molecule has 4 heterocycles. The predicted molar refractivity (Wildman–Crippen MR) is 170 cm³/mol. The van der Waals surface area contributed by atoms with Crippen LogP contribution < -0.4 is 24.8 Å².